The van der Waals surface area contributed by atoms with Gasteiger partial charge >= 0.3 is 5.97 Å². The van der Waals surface area contributed by atoms with E-state index in [1.807, 2.05) is 0 Å². The number of hydrogen-bond acceptors (Lipinski definition) is 11. The Bertz CT molecular complexity index is 1270. The smallest absolute Gasteiger partial charge is 0.338 e. The highest BCUT2D eigenvalue weighted by atomic mass is 16.6. The predicted octanol–water partition coefficient (Wildman–Crippen LogP) is 3.19. The third-order valence-electron chi connectivity index (χ3n) is 4.23. The number of anilines is 3. The lowest BCUT2D eigenvalue weighted by Gasteiger charge is -2.10. The van der Waals surface area contributed by atoms with Crippen LogP contribution in [0, 0.1) is 0 Å². The molecule has 0 amide bonds. The summed E-state index contributed by atoms with van der Waals surface area (Å²) in [5.41, 5.74) is 5.69. The molecule has 160 valence electrons. The number of carbonyl (C=O) groups is 2. The van der Waals surface area contributed by atoms with Crippen molar-refractivity contribution in [2.45, 2.75) is 6.92 Å². The van der Waals surface area contributed by atoms with Crippen molar-refractivity contribution in [2.24, 2.45) is 5.10 Å². The number of fused-ring (bicyclic) bond motifs is 1. The van der Waals surface area contributed by atoms with Crippen LogP contribution < -0.4 is 10.7 Å². The van der Waals surface area contributed by atoms with Gasteiger partial charge in [0.25, 0.3) is 0 Å². The van der Waals surface area contributed by atoms with Crippen molar-refractivity contribution in [1.29, 1.82) is 0 Å². The number of benzene rings is 2. The number of ether oxygens (including phenoxy) is 1. The summed E-state index contributed by atoms with van der Waals surface area (Å²) < 4.78 is 9.67. The minimum atomic E-state index is -0.396. The molecule has 0 radical (unpaired) electrons. The molecule has 4 aromatic rings. The number of hydrazone groups is 1. The van der Waals surface area contributed by atoms with Gasteiger partial charge in [0.05, 0.1) is 18.4 Å². The SMILES string of the molecule is CCOC(=O)c1ccc(Nc2nc3nonc3nc2NN=Cc2ccc(C=O)cc2)cc1. The maximum Gasteiger partial charge on any atom is 0.338 e. The third-order valence-corrected chi connectivity index (χ3v) is 4.23. The summed E-state index contributed by atoms with van der Waals surface area (Å²) in [6.45, 7) is 2.05. The van der Waals surface area contributed by atoms with Crippen LogP contribution in [0.4, 0.5) is 17.3 Å². The molecule has 32 heavy (non-hydrogen) atoms. The van der Waals surface area contributed by atoms with Crippen molar-refractivity contribution >= 4 is 47.1 Å². The minimum Gasteiger partial charge on any atom is -0.462 e. The molecule has 0 spiro atoms. The van der Waals surface area contributed by atoms with Crippen LogP contribution in [0.3, 0.4) is 0 Å². The van der Waals surface area contributed by atoms with Crippen LogP contribution >= 0.6 is 0 Å². The Morgan fingerprint density at radius 1 is 1.00 bits per heavy atom. The van der Waals surface area contributed by atoms with Gasteiger partial charge in [0, 0.05) is 11.3 Å². The molecular weight excluding hydrogens is 414 g/mol. The minimum absolute atomic E-state index is 0.209. The number of aromatic nitrogens is 4. The molecule has 0 aliphatic heterocycles. The monoisotopic (exact) mass is 431 g/mol. The first-order chi connectivity index (χ1) is 15.7. The summed E-state index contributed by atoms with van der Waals surface area (Å²) in [6, 6.07) is 13.6. The lowest BCUT2D eigenvalue weighted by Crippen LogP contribution is -2.05. The maximum absolute atomic E-state index is 11.8. The van der Waals surface area contributed by atoms with Crippen LogP contribution in [0.15, 0.2) is 58.3 Å². The molecule has 0 atom stereocenters. The van der Waals surface area contributed by atoms with Crippen LogP contribution in [0.25, 0.3) is 11.3 Å². The lowest BCUT2D eigenvalue weighted by atomic mass is 10.2. The van der Waals surface area contributed by atoms with Crippen molar-refractivity contribution in [2.75, 3.05) is 17.3 Å². The molecule has 2 N–H and O–H groups in total. The van der Waals surface area contributed by atoms with Gasteiger partial charge in [0.2, 0.25) is 11.3 Å². The summed E-state index contributed by atoms with van der Waals surface area (Å²) in [5, 5.41) is 14.7. The summed E-state index contributed by atoms with van der Waals surface area (Å²) in [6.07, 6.45) is 2.34. The van der Waals surface area contributed by atoms with E-state index in [-0.39, 0.29) is 17.1 Å². The van der Waals surface area contributed by atoms with Crippen molar-refractivity contribution < 1.29 is 19.0 Å². The third kappa shape index (κ3) is 4.73. The fourth-order valence-electron chi connectivity index (χ4n) is 2.67. The molecule has 0 aliphatic carbocycles. The topological polar surface area (TPSA) is 144 Å². The highest BCUT2D eigenvalue weighted by molar-refractivity contribution is 5.90. The number of aldehydes is 1. The van der Waals surface area contributed by atoms with E-state index >= 15 is 0 Å². The van der Waals surface area contributed by atoms with Crippen LogP contribution in [0.2, 0.25) is 0 Å². The summed E-state index contributed by atoms with van der Waals surface area (Å²) in [5.74, 6) is 0.209. The van der Waals surface area contributed by atoms with Gasteiger partial charge in [-0.2, -0.15) is 10.1 Å². The second-order valence-corrected chi connectivity index (χ2v) is 6.41. The first kappa shape index (κ1) is 20.6. The number of hydrogen-bond donors (Lipinski definition) is 2. The highest BCUT2D eigenvalue weighted by Crippen LogP contribution is 2.24. The fourth-order valence-corrected chi connectivity index (χ4v) is 2.67. The number of rotatable bonds is 8. The molecule has 0 aliphatic rings. The molecular formula is C21H17N7O4. The number of nitrogens with zero attached hydrogens (tertiary/aromatic N) is 5. The van der Waals surface area contributed by atoms with E-state index in [0.717, 1.165) is 11.8 Å². The second kappa shape index (κ2) is 9.43. The lowest BCUT2D eigenvalue weighted by molar-refractivity contribution is 0.0526. The summed E-state index contributed by atoms with van der Waals surface area (Å²) >= 11 is 0. The Labute approximate surface area is 181 Å². The Kier molecular flexibility index (Phi) is 6.07. The number of nitrogens with one attached hydrogen (secondary N) is 2. The van der Waals surface area contributed by atoms with Gasteiger partial charge in [-0.15, -0.1) is 0 Å². The molecule has 0 unspecified atom stereocenters. The zero-order chi connectivity index (χ0) is 22.3. The maximum atomic E-state index is 11.8. The normalized spacial score (nSPS) is 10.9. The van der Waals surface area contributed by atoms with E-state index in [1.165, 1.54) is 0 Å². The van der Waals surface area contributed by atoms with Gasteiger partial charge in [-0.05, 0) is 47.1 Å². The van der Waals surface area contributed by atoms with Crippen LogP contribution in [0.1, 0.15) is 33.2 Å². The molecule has 2 aromatic heterocycles. The molecule has 11 nitrogen and oxygen atoms in total. The molecule has 2 heterocycles. The highest BCUT2D eigenvalue weighted by Gasteiger charge is 2.13. The average molecular weight is 431 g/mol. The first-order valence-electron chi connectivity index (χ1n) is 9.55. The van der Waals surface area contributed by atoms with Gasteiger partial charge in [-0.3, -0.25) is 10.2 Å². The zero-order valence-corrected chi connectivity index (χ0v) is 16.8. The largest absolute Gasteiger partial charge is 0.462 e. The van der Waals surface area contributed by atoms with Crippen LogP contribution in [0.5, 0.6) is 0 Å². The van der Waals surface area contributed by atoms with Crippen molar-refractivity contribution in [3.05, 3.63) is 65.2 Å². The van der Waals surface area contributed by atoms with Crippen molar-refractivity contribution in [1.82, 2.24) is 20.3 Å². The second-order valence-electron chi connectivity index (χ2n) is 6.41. The van der Waals surface area contributed by atoms with E-state index in [1.54, 1.807) is 61.7 Å². The molecule has 11 heteroatoms. The Hall–Kier alpha value is -4.67. The number of esters is 1. The van der Waals surface area contributed by atoms with E-state index < -0.39 is 5.97 Å². The zero-order valence-electron chi connectivity index (χ0n) is 16.8. The Morgan fingerprint density at radius 3 is 2.31 bits per heavy atom. The van der Waals surface area contributed by atoms with E-state index in [9.17, 15) is 9.59 Å². The molecule has 0 bridgehead atoms. The Balaban J connectivity index is 1.55. The molecule has 2 aromatic carbocycles. The number of carbonyl (C=O) groups excluding carboxylic acids is 2. The summed E-state index contributed by atoms with van der Waals surface area (Å²) in [7, 11) is 0. The predicted molar refractivity (Wildman–Crippen MR) is 116 cm³/mol. The average Bonchev–Trinajstić information content (AvgIpc) is 3.27. The standard InChI is InChI=1S/C21H17N7O4/c1-2-31-21(30)15-7-9-16(10-8-15)23-17-18(25-20-19(24-17)27-32-28-20)26-22-11-13-3-5-14(12-29)6-4-13/h3-12H,2H2,1H3,(H,23,24,27)(H,25,26,28). The summed E-state index contributed by atoms with van der Waals surface area (Å²) in [4.78, 5) is 31.3. The van der Waals surface area contributed by atoms with Crippen LogP contribution in [-0.2, 0) is 4.74 Å². The van der Waals surface area contributed by atoms with Gasteiger partial charge in [0.15, 0.2) is 11.6 Å². The molecule has 0 saturated carbocycles. The van der Waals surface area contributed by atoms with E-state index in [2.05, 4.69) is 40.8 Å². The van der Waals surface area contributed by atoms with Crippen molar-refractivity contribution in [3.63, 3.8) is 0 Å². The molecule has 4 rings (SSSR count). The molecule has 0 saturated heterocycles. The van der Waals surface area contributed by atoms with Gasteiger partial charge in [-0.25, -0.2) is 14.4 Å². The Morgan fingerprint density at radius 2 is 1.66 bits per heavy atom. The van der Waals surface area contributed by atoms with Gasteiger partial charge in [0.1, 0.15) is 6.29 Å². The molecule has 0 fully saturated rings. The van der Waals surface area contributed by atoms with Gasteiger partial charge < -0.3 is 10.1 Å². The first-order valence-corrected chi connectivity index (χ1v) is 9.55. The van der Waals surface area contributed by atoms with E-state index in [4.69, 9.17) is 4.74 Å². The quantitative estimate of drug-likeness (QED) is 0.185. The van der Waals surface area contributed by atoms with E-state index in [0.29, 0.717) is 29.2 Å². The van der Waals surface area contributed by atoms with Gasteiger partial charge in [-0.1, -0.05) is 24.3 Å². The fraction of sp³-hybridized carbons (Fsp3) is 0.0952. The van der Waals surface area contributed by atoms with Crippen LogP contribution in [-0.4, -0.2) is 45.4 Å². The van der Waals surface area contributed by atoms with Crippen molar-refractivity contribution in [3.8, 4) is 0 Å².